The summed E-state index contributed by atoms with van der Waals surface area (Å²) in [4.78, 5) is 19.1. The first-order valence-electron chi connectivity index (χ1n) is 7.74. The molecule has 1 amide bonds. The molecule has 4 rings (SSSR count). The van der Waals surface area contributed by atoms with Gasteiger partial charge in [-0.2, -0.15) is 10.1 Å². The third kappa shape index (κ3) is 2.35. The molecule has 1 aliphatic rings. The van der Waals surface area contributed by atoms with E-state index in [1.165, 1.54) is 0 Å². The number of H-pyrrole nitrogens is 1. The van der Waals surface area contributed by atoms with E-state index in [2.05, 4.69) is 20.3 Å². The molecule has 0 radical (unpaired) electrons. The van der Waals surface area contributed by atoms with Gasteiger partial charge < -0.3 is 14.2 Å². The van der Waals surface area contributed by atoms with Gasteiger partial charge in [0.15, 0.2) is 11.5 Å². The molecule has 1 fully saturated rings. The number of amides is 1. The number of likely N-dealkylation sites (tertiary alicyclic amines) is 1. The number of carbonyl (C=O) groups excluding carboxylic acids is 1. The Bertz CT molecular complexity index is 887. The van der Waals surface area contributed by atoms with Crippen LogP contribution >= 0.6 is 0 Å². The van der Waals surface area contributed by atoms with Crippen LogP contribution in [0.1, 0.15) is 34.7 Å². The highest BCUT2D eigenvalue weighted by Crippen LogP contribution is 2.34. The van der Waals surface area contributed by atoms with Crippen LogP contribution in [0, 0.1) is 6.92 Å². The summed E-state index contributed by atoms with van der Waals surface area (Å²) in [6.45, 7) is 2.21. The van der Waals surface area contributed by atoms with E-state index in [4.69, 9.17) is 9.26 Å². The van der Waals surface area contributed by atoms with Gasteiger partial charge in [-0.15, -0.1) is 0 Å². The van der Waals surface area contributed by atoms with Gasteiger partial charge in [0.2, 0.25) is 5.89 Å². The Balaban J connectivity index is 1.71. The summed E-state index contributed by atoms with van der Waals surface area (Å²) in [7, 11) is 1.64. The Kier molecular flexibility index (Phi) is 3.53. The predicted molar refractivity (Wildman–Crippen MR) is 84.3 cm³/mol. The standard InChI is InChI=1S/C16H17N5O3/c1-9-17-15(24-20-9)13-7-10(23-2)8-21(13)16(22)14-11-5-3-4-6-12(11)18-19-14/h3-6,10,13H,7-8H2,1-2H3,(H,18,19)/t10-,13-/m1/s1. The van der Waals surface area contributed by atoms with Crippen molar-refractivity contribution in [1.29, 1.82) is 0 Å². The molecule has 3 heterocycles. The first-order valence-corrected chi connectivity index (χ1v) is 7.74. The number of ether oxygens (including phenoxy) is 1. The highest BCUT2D eigenvalue weighted by Gasteiger charge is 2.40. The van der Waals surface area contributed by atoms with Crippen molar-refractivity contribution in [2.45, 2.75) is 25.5 Å². The van der Waals surface area contributed by atoms with E-state index >= 15 is 0 Å². The minimum absolute atomic E-state index is 0.0728. The fourth-order valence-electron chi connectivity index (χ4n) is 3.14. The molecular formula is C16H17N5O3. The highest BCUT2D eigenvalue weighted by molar-refractivity contribution is 6.04. The molecule has 0 aliphatic carbocycles. The van der Waals surface area contributed by atoms with Gasteiger partial charge in [0.05, 0.1) is 11.6 Å². The molecule has 0 saturated carbocycles. The summed E-state index contributed by atoms with van der Waals surface area (Å²) >= 11 is 0. The molecular weight excluding hydrogens is 310 g/mol. The average Bonchev–Trinajstić information content (AvgIpc) is 3.31. The molecule has 8 nitrogen and oxygen atoms in total. The maximum atomic E-state index is 13.1. The van der Waals surface area contributed by atoms with Crippen LogP contribution in [0.25, 0.3) is 10.9 Å². The number of carbonyl (C=O) groups is 1. The van der Waals surface area contributed by atoms with Crippen LogP contribution in [0.15, 0.2) is 28.8 Å². The lowest BCUT2D eigenvalue weighted by atomic mass is 10.1. The molecule has 0 unspecified atom stereocenters. The molecule has 2 aromatic heterocycles. The normalized spacial score (nSPS) is 20.8. The SMILES string of the molecule is CO[C@@H]1C[C@H](c2nc(C)no2)N(C(=O)c2n[nH]c3ccccc23)C1. The van der Waals surface area contributed by atoms with Crippen molar-refractivity contribution < 1.29 is 14.1 Å². The molecule has 1 aliphatic heterocycles. The Morgan fingerprint density at radius 2 is 2.25 bits per heavy atom. The van der Waals surface area contributed by atoms with Gasteiger partial charge in [0.25, 0.3) is 5.91 Å². The fraction of sp³-hybridized carbons (Fsp3) is 0.375. The van der Waals surface area contributed by atoms with Crippen molar-refractivity contribution in [2.24, 2.45) is 0 Å². The Labute approximate surface area is 137 Å². The van der Waals surface area contributed by atoms with Crippen LogP contribution in [0.4, 0.5) is 0 Å². The minimum atomic E-state index is -0.306. The summed E-state index contributed by atoms with van der Waals surface area (Å²) in [5.74, 6) is 0.802. The Morgan fingerprint density at radius 1 is 1.42 bits per heavy atom. The van der Waals surface area contributed by atoms with Crippen molar-refractivity contribution in [3.8, 4) is 0 Å². The Morgan fingerprint density at radius 3 is 3.00 bits per heavy atom. The van der Waals surface area contributed by atoms with E-state index in [-0.39, 0.29) is 18.1 Å². The van der Waals surface area contributed by atoms with Crippen LogP contribution in [-0.2, 0) is 4.74 Å². The maximum absolute atomic E-state index is 13.1. The van der Waals surface area contributed by atoms with E-state index in [0.717, 1.165) is 10.9 Å². The number of fused-ring (bicyclic) bond motifs is 1. The number of nitrogens with zero attached hydrogens (tertiary/aromatic N) is 4. The molecule has 8 heteroatoms. The molecule has 2 atom stereocenters. The van der Waals surface area contributed by atoms with E-state index in [9.17, 15) is 4.79 Å². The van der Waals surface area contributed by atoms with Crippen LogP contribution in [0.5, 0.6) is 0 Å². The highest BCUT2D eigenvalue weighted by atomic mass is 16.5. The summed E-state index contributed by atoms with van der Waals surface area (Å²) in [6.07, 6.45) is 0.544. The van der Waals surface area contributed by atoms with Crippen LogP contribution in [-0.4, -0.2) is 50.9 Å². The van der Waals surface area contributed by atoms with Gasteiger partial charge in [-0.05, 0) is 13.0 Å². The summed E-state index contributed by atoms with van der Waals surface area (Å²) < 4.78 is 10.7. The van der Waals surface area contributed by atoms with Gasteiger partial charge >= 0.3 is 0 Å². The molecule has 124 valence electrons. The van der Waals surface area contributed by atoms with E-state index in [1.54, 1.807) is 18.9 Å². The molecule has 3 aromatic rings. The number of aromatic nitrogens is 4. The molecule has 0 bridgehead atoms. The van der Waals surface area contributed by atoms with Crippen LogP contribution in [0.3, 0.4) is 0 Å². The second kappa shape index (κ2) is 5.72. The van der Waals surface area contributed by atoms with Gasteiger partial charge in [-0.3, -0.25) is 9.89 Å². The van der Waals surface area contributed by atoms with Gasteiger partial charge in [-0.25, -0.2) is 0 Å². The number of hydrogen-bond donors (Lipinski definition) is 1. The number of para-hydroxylation sites is 1. The summed E-state index contributed by atoms with van der Waals surface area (Å²) in [6, 6.07) is 7.24. The monoisotopic (exact) mass is 327 g/mol. The van der Waals surface area contributed by atoms with Crippen molar-refractivity contribution in [3.63, 3.8) is 0 Å². The second-order valence-corrected chi connectivity index (χ2v) is 5.86. The van der Waals surface area contributed by atoms with E-state index < -0.39 is 0 Å². The van der Waals surface area contributed by atoms with Crippen molar-refractivity contribution in [3.05, 3.63) is 41.7 Å². The molecule has 24 heavy (non-hydrogen) atoms. The number of aryl methyl sites for hydroxylation is 1. The summed E-state index contributed by atoms with van der Waals surface area (Å²) in [5.41, 5.74) is 1.22. The topological polar surface area (TPSA) is 97.1 Å². The molecule has 0 spiro atoms. The molecule has 1 aromatic carbocycles. The predicted octanol–water partition coefficient (Wildman–Crippen LogP) is 1.86. The van der Waals surface area contributed by atoms with Crippen LogP contribution in [0.2, 0.25) is 0 Å². The smallest absolute Gasteiger partial charge is 0.275 e. The number of benzene rings is 1. The fourth-order valence-corrected chi connectivity index (χ4v) is 3.14. The average molecular weight is 327 g/mol. The lowest BCUT2D eigenvalue weighted by Gasteiger charge is -2.20. The zero-order valence-electron chi connectivity index (χ0n) is 13.4. The first-order chi connectivity index (χ1) is 11.7. The molecule has 1 saturated heterocycles. The third-order valence-corrected chi connectivity index (χ3v) is 4.36. The van der Waals surface area contributed by atoms with Gasteiger partial charge in [-0.1, -0.05) is 23.4 Å². The number of aromatic amines is 1. The zero-order chi connectivity index (χ0) is 16.7. The maximum Gasteiger partial charge on any atom is 0.275 e. The van der Waals surface area contributed by atoms with Crippen LogP contribution < -0.4 is 0 Å². The first kappa shape index (κ1) is 14.8. The quantitative estimate of drug-likeness (QED) is 0.788. The van der Waals surface area contributed by atoms with Crippen molar-refractivity contribution >= 4 is 16.8 Å². The van der Waals surface area contributed by atoms with Crippen molar-refractivity contribution in [1.82, 2.24) is 25.2 Å². The largest absolute Gasteiger partial charge is 0.380 e. The van der Waals surface area contributed by atoms with Gasteiger partial charge in [0, 0.05) is 25.5 Å². The lowest BCUT2D eigenvalue weighted by molar-refractivity contribution is 0.0667. The Hall–Kier alpha value is -2.74. The number of nitrogens with one attached hydrogen (secondary N) is 1. The van der Waals surface area contributed by atoms with Crippen molar-refractivity contribution in [2.75, 3.05) is 13.7 Å². The zero-order valence-corrected chi connectivity index (χ0v) is 13.4. The molecule has 1 N–H and O–H groups in total. The minimum Gasteiger partial charge on any atom is -0.380 e. The summed E-state index contributed by atoms with van der Waals surface area (Å²) in [5, 5.41) is 11.7. The number of methoxy groups -OCH3 is 1. The lowest BCUT2D eigenvalue weighted by Crippen LogP contribution is -2.32. The number of hydrogen-bond acceptors (Lipinski definition) is 6. The second-order valence-electron chi connectivity index (χ2n) is 5.86. The number of rotatable bonds is 3. The van der Waals surface area contributed by atoms with E-state index in [0.29, 0.717) is 30.4 Å². The van der Waals surface area contributed by atoms with Gasteiger partial charge in [0.1, 0.15) is 6.04 Å². The van der Waals surface area contributed by atoms with E-state index in [1.807, 2.05) is 24.3 Å². The third-order valence-electron chi connectivity index (χ3n) is 4.36.